The molecule has 1 saturated heterocycles. The minimum Gasteiger partial charge on any atom is -0.469 e. The molecule has 1 rings (SSSR count). The highest BCUT2D eigenvalue weighted by Gasteiger charge is 2.30. The van der Waals surface area contributed by atoms with E-state index >= 15 is 0 Å². The lowest BCUT2D eigenvalue weighted by atomic mass is 9.86. The van der Waals surface area contributed by atoms with Gasteiger partial charge in [-0.3, -0.25) is 14.4 Å². The smallest absolute Gasteiger partial charge is 0.311 e. The zero-order valence-electron chi connectivity index (χ0n) is 23.5. The number of unbranched alkanes of at least 4 members (excludes halogenated alkanes) is 4. The van der Waals surface area contributed by atoms with E-state index in [1.54, 1.807) is 0 Å². The van der Waals surface area contributed by atoms with Gasteiger partial charge in [0, 0.05) is 0 Å². The van der Waals surface area contributed by atoms with Crippen LogP contribution in [0.5, 0.6) is 0 Å². The summed E-state index contributed by atoms with van der Waals surface area (Å²) in [6.45, 7) is 9.57. The Morgan fingerprint density at radius 3 is 1.60 bits per heavy atom. The molecule has 0 atom stereocenters. The van der Waals surface area contributed by atoms with E-state index in [2.05, 4.69) is 11.9 Å². The highest BCUT2D eigenvalue weighted by atomic mass is 16.5. The first-order valence-electron chi connectivity index (χ1n) is 13.5. The summed E-state index contributed by atoms with van der Waals surface area (Å²) >= 11 is 0. The van der Waals surface area contributed by atoms with Crippen LogP contribution in [0.4, 0.5) is 0 Å². The molecule has 1 heterocycles. The number of piperidine rings is 1. The molecular weight excluding hydrogens is 446 g/mol. The molecule has 0 unspecified atom stereocenters. The van der Waals surface area contributed by atoms with E-state index in [1.165, 1.54) is 14.2 Å². The Morgan fingerprint density at radius 2 is 1.20 bits per heavy atom. The van der Waals surface area contributed by atoms with Gasteiger partial charge in [0.1, 0.15) is 6.10 Å². The fourth-order valence-corrected chi connectivity index (χ4v) is 4.76. The molecule has 0 aromatic rings. The van der Waals surface area contributed by atoms with Crippen LogP contribution in [-0.4, -0.2) is 63.3 Å². The van der Waals surface area contributed by atoms with Gasteiger partial charge in [-0.05, 0) is 99.2 Å². The molecule has 0 saturated carbocycles. The van der Waals surface area contributed by atoms with Crippen molar-refractivity contribution < 1.29 is 28.6 Å². The molecule has 0 aromatic carbocycles. The molecule has 204 valence electrons. The minimum absolute atomic E-state index is 0.00964. The molecule has 0 aliphatic carbocycles. The van der Waals surface area contributed by atoms with Crippen LogP contribution < -0.4 is 0 Å². The van der Waals surface area contributed by atoms with Gasteiger partial charge in [-0.2, -0.15) is 0 Å². The van der Waals surface area contributed by atoms with E-state index in [0.717, 1.165) is 90.1 Å². The van der Waals surface area contributed by atoms with Crippen molar-refractivity contribution in [2.24, 2.45) is 16.7 Å². The molecule has 0 radical (unpaired) electrons. The summed E-state index contributed by atoms with van der Waals surface area (Å²) < 4.78 is 15.8. The molecule has 0 N–H and O–H groups in total. The lowest BCUT2D eigenvalue weighted by Crippen LogP contribution is -2.35. The lowest BCUT2D eigenvalue weighted by molar-refractivity contribution is -0.156. The summed E-state index contributed by atoms with van der Waals surface area (Å²) in [5, 5.41) is 0. The molecule has 0 aromatic heterocycles. The van der Waals surface area contributed by atoms with Gasteiger partial charge in [0.25, 0.3) is 0 Å². The average Bonchev–Trinajstić information content (AvgIpc) is 2.82. The Balaban J connectivity index is 2.50. The van der Waals surface area contributed by atoms with Crippen LogP contribution in [0.25, 0.3) is 0 Å². The first kappa shape index (κ1) is 31.4. The van der Waals surface area contributed by atoms with Crippen molar-refractivity contribution in [3.05, 3.63) is 0 Å². The molecule has 0 amide bonds. The van der Waals surface area contributed by atoms with E-state index < -0.39 is 10.8 Å². The average molecular weight is 498 g/mol. The van der Waals surface area contributed by atoms with Gasteiger partial charge in [-0.25, -0.2) is 0 Å². The summed E-state index contributed by atoms with van der Waals surface area (Å²) in [6, 6.07) is 0. The summed E-state index contributed by atoms with van der Waals surface area (Å²) in [7, 11) is 4.96. The van der Waals surface area contributed by atoms with Crippen molar-refractivity contribution in [3.8, 4) is 0 Å². The second-order valence-corrected chi connectivity index (χ2v) is 11.6. The van der Waals surface area contributed by atoms with E-state index in [9.17, 15) is 14.4 Å². The van der Waals surface area contributed by atoms with Gasteiger partial charge in [-0.15, -0.1) is 0 Å². The number of likely N-dealkylation sites (tertiary alicyclic amines) is 1. The van der Waals surface area contributed by atoms with Crippen LogP contribution in [0.2, 0.25) is 0 Å². The molecule has 0 spiro atoms. The maximum atomic E-state index is 12.8. The number of rotatable bonds is 16. The topological polar surface area (TPSA) is 82.1 Å². The van der Waals surface area contributed by atoms with Gasteiger partial charge in [0.15, 0.2) is 0 Å². The van der Waals surface area contributed by atoms with Crippen LogP contribution in [0.3, 0.4) is 0 Å². The fraction of sp³-hybridized carbons (Fsp3) is 0.893. The Morgan fingerprint density at radius 1 is 0.771 bits per heavy atom. The zero-order chi connectivity index (χ0) is 26.5. The summed E-state index contributed by atoms with van der Waals surface area (Å²) in [6.07, 6.45) is 10.8. The normalized spacial score (nSPS) is 15.8. The van der Waals surface area contributed by atoms with Gasteiger partial charge >= 0.3 is 17.9 Å². The van der Waals surface area contributed by atoms with Crippen molar-refractivity contribution in [2.75, 3.05) is 34.4 Å². The highest BCUT2D eigenvalue weighted by molar-refractivity contribution is 5.76. The van der Waals surface area contributed by atoms with E-state index in [4.69, 9.17) is 14.2 Å². The van der Waals surface area contributed by atoms with Crippen LogP contribution >= 0.6 is 0 Å². The van der Waals surface area contributed by atoms with Crippen molar-refractivity contribution >= 4 is 17.9 Å². The van der Waals surface area contributed by atoms with Crippen LogP contribution in [0.1, 0.15) is 105 Å². The summed E-state index contributed by atoms with van der Waals surface area (Å²) in [4.78, 5) is 38.8. The Hall–Kier alpha value is -1.63. The highest BCUT2D eigenvalue weighted by Crippen LogP contribution is 2.28. The second-order valence-electron chi connectivity index (χ2n) is 11.6. The predicted octanol–water partition coefficient (Wildman–Crippen LogP) is 5.54. The van der Waals surface area contributed by atoms with Crippen molar-refractivity contribution in [1.29, 1.82) is 0 Å². The quantitative estimate of drug-likeness (QED) is 0.157. The fourth-order valence-electron chi connectivity index (χ4n) is 4.76. The number of hydrogen-bond acceptors (Lipinski definition) is 7. The molecule has 0 bridgehead atoms. The lowest BCUT2D eigenvalue weighted by Gasteiger charge is -2.29. The van der Waals surface area contributed by atoms with Gasteiger partial charge in [-0.1, -0.05) is 25.7 Å². The number of esters is 3. The largest absolute Gasteiger partial charge is 0.469 e. The zero-order valence-corrected chi connectivity index (χ0v) is 23.5. The monoisotopic (exact) mass is 497 g/mol. The molecule has 1 fully saturated rings. The van der Waals surface area contributed by atoms with Gasteiger partial charge in [0.2, 0.25) is 0 Å². The molecule has 7 nitrogen and oxygen atoms in total. The maximum Gasteiger partial charge on any atom is 0.311 e. The molecular formula is C28H51NO6. The molecule has 1 aliphatic rings. The number of ether oxygens (including phenoxy) is 3. The van der Waals surface area contributed by atoms with Crippen molar-refractivity contribution in [1.82, 2.24) is 4.90 Å². The SMILES string of the molecule is COC(=O)C(C)(C)CCCCCC(CCCCCC(C)(C)C(=O)OC)OC(=O)C1CCN(C)CC1. The van der Waals surface area contributed by atoms with E-state index in [-0.39, 0.29) is 29.9 Å². The van der Waals surface area contributed by atoms with Crippen LogP contribution in [0.15, 0.2) is 0 Å². The third kappa shape index (κ3) is 11.8. The number of carbonyl (C=O) groups excluding carboxylic acids is 3. The molecule has 35 heavy (non-hydrogen) atoms. The predicted molar refractivity (Wildman–Crippen MR) is 138 cm³/mol. The van der Waals surface area contributed by atoms with Crippen LogP contribution in [0, 0.1) is 16.7 Å². The standard InChI is InChI=1S/C28H51NO6/c1-27(2,25(31)33-6)18-12-8-10-14-23(35-24(30)22-16-20-29(5)21-17-22)15-11-9-13-19-28(3,4)26(32)34-7/h22-23H,8-21H2,1-7H3. The van der Waals surface area contributed by atoms with E-state index in [0.29, 0.717) is 0 Å². The number of carbonyl (C=O) groups is 3. The third-order valence-electron chi connectivity index (χ3n) is 7.47. The number of methoxy groups -OCH3 is 2. The van der Waals surface area contributed by atoms with Crippen LogP contribution in [-0.2, 0) is 28.6 Å². The molecule has 7 heteroatoms. The molecule has 1 aliphatic heterocycles. The Labute approximate surface area is 213 Å². The Bertz CT molecular complexity index is 614. The first-order valence-corrected chi connectivity index (χ1v) is 13.5. The third-order valence-corrected chi connectivity index (χ3v) is 7.47. The second kappa shape index (κ2) is 15.5. The van der Waals surface area contributed by atoms with Crippen molar-refractivity contribution in [3.63, 3.8) is 0 Å². The van der Waals surface area contributed by atoms with Crippen molar-refractivity contribution in [2.45, 2.75) is 111 Å². The van der Waals surface area contributed by atoms with Gasteiger partial charge in [0.05, 0.1) is 31.0 Å². The van der Waals surface area contributed by atoms with Gasteiger partial charge < -0.3 is 19.1 Å². The van der Waals surface area contributed by atoms with E-state index in [1.807, 2.05) is 27.7 Å². The number of nitrogens with zero attached hydrogens (tertiary/aromatic N) is 1. The maximum absolute atomic E-state index is 12.8. The first-order chi connectivity index (χ1) is 16.4. The summed E-state index contributed by atoms with van der Waals surface area (Å²) in [5.74, 6) is -0.368. The number of hydrogen-bond donors (Lipinski definition) is 0. The Kier molecular flexibility index (Phi) is 13.9. The summed E-state index contributed by atoms with van der Waals surface area (Å²) in [5.41, 5.74) is -0.931. The minimum atomic E-state index is -0.466.